The average molecular weight is 823 g/mol. The van der Waals surface area contributed by atoms with Crippen LogP contribution in [0.2, 0.25) is 0 Å². The number of amidine groups is 2. The lowest BCUT2D eigenvalue weighted by Gasteiger charge is -2.26. The van der Waals surface area contributed by atoms with Gasteiger partial charge >= 0.3 is 0 Å². The summed E-state index contributed by atoms with van der Waals surface area (Å²) < 4.78 is 11.8. The zero-order chi connectivity index (χ0) is 41.2. The Morgan fingerprint density at radius 2 is 1.06 bits per heavy atom. The number of rotatable bonds is 4. The number of nitrogens with one attached hydrogen (secondary N) is 1. The van der Waals surface area contributed by atoms with Crippen molar-refractivity contribution in [3.05, 3.63) is 211 Å². The van der Waals surface area contributed by atoms with Gasteiger partial charge in [0.1, 0.15) is 23.2 Å². The highest BCUT2D eigenvalue weighted by Crippen LogP contribution is 2.43. The van der Waals surface area contributed by atoms with Gasteiger partial charge in [-0.1, -0.05) is 133 Å². The van der Waals surface area contributed by atoms with Gasteiger partial charge in [0.25, 0.3) is 0 Å². The Balaban J connectivity index is 1.11. The van der Waals surface area contributed by atoms with Gasteiger partial charge in [-0.3, -0.25) is 0 Å². The van der Waals surface area contributed by atoms with Gasteiger partial charge in [0, 0.05) is 47.3 Å². The Bertz CT molecular complexity index is 4040. The van der Waals surface area contributed by atoms with Crippen LogP contribution in [0.4, 0.5) is 0 Å². The molecule has 0 fully saturated rings. The van der Waals surface area contributed by atoms with Crippen molar-refractivity contribution in [1.29, 1.82) is 0 Å². The highest BCUT2D eigenvalue weighted by molar-refractivity contribution is 7.25. The molecule has 5 nitrogen and oxygen atoms in total. The molecule has 0 radical (unpaired) electrons. The second-order valence-corrected chi connectivity index (χ2v) is 17.7. The van der Waals surface area contributed by atoms with Gasteiger partial charge in [-0.05, 0) is 98.5 Å². The summed E-state index contributed by atoms with van der Waals surface area (Å²) >= 11 is 1.81. The number of furan rings is 1. The maximum absolute atomic E-state index is 6.83. The Hall–Kier alpha value is -8.06. The summed E-state index contributed by atoms with van der Waals surface area (Å²) in [6.45, 7) is 0. The van der Waals surface area contributed by atoms with Crippen LogP contribution in [-0.2, 0) is 0 Å². The van der Waals surface area contributed by atoms with E-state index in [1.165, 1.54) is 52.5 Å². The van der Waals surface area contributed by atoms with E-state index in [4.69, 9.17) is 14.4 Å². The standard InChI is InChI=1S/C57H34N4OS/c1-2-12-33(13-3-1)55-58-56(40-22-23-42-41-20-10-11-21-51(41)63-52(42)32-40)60-57(59-55)54-46(24-25-49-53(54)45-28-36-16-6-9-19-39(36)31-50(45)62-49)61-47-29-37-17-7-4-14-34(37)26-43(47)44-27-35-15-5-8-18-38(35)30-48(44)61/h1-32,55H,(H,58,59,60). The van der Waals surface area contributed by atoms with Gasteiger partial charge < -0.3 is 14.3 Å². The molecule has 13 aromatic rings. The average Bonchev–Trinajstić information content (AvgIpc) is 3.99. The van der Waals surface area contributed by atoms with E-state index in [2.05, 4.69) is 204 Å². The maximum Gasteiger partial charge on any atom is 0.159 e. The first-order chi connectivity index (χ1) is 31.2. The lowest BCUT2D eigenvalue weighted by molar-refractivity contribution is 0.668. The molecular weight excluding hydrogens is 789 g/mol. The predicted octanol–water partition coefficient (Wildman–Crippen LogP) is 15.0. The minimum Gasteiger partial charge on any atom is -0.456 e. The van der Waals surface area contributed by atoms with Crippen molar-refractivity contribution in [2.45, 2.75) is 6.17 Å². The van der Waals surface area contributed by atoms with E-state index in [9.17, 15) is 0 Å². The number of fused-ring (bicyclic) bond motifs is 12. The molecule has 1 aliphatic heterocycles. The molecule has 14 rings (SSSR count). The fourth-order valence-corrected chi connectivity index (χ4v) is 11.1. The van der Waals surface area contributed by atoms with Crippen LogP contribution >= 0.6 is 11.3 Å². The van der Waals surface area contributed by atoms with E-state index in [0.29, 0.717) is 5.84 Å². The topological polar surface area (TPSA) is 54.8 Å². The van der Waals surface area contributed by atoms with E-state index in [1.807, 2.05) is 11.3 Å². The number of thiophene rings is 1. The number of hydrogen-bond donors (Lipinski definition) is 1. The summed E-state index contributed by atoms with van der Waals surface area (Å²) in [5, 5.41) is 17.9. The number of benzene rings is 10. The largest absolute Gasteiger partial charge is 0.456 e. The smallest absolute Gasteiger partial charge is 0.159 e. The van der Waals surface area contributed by atoms with Crippen LogP contribution in [0.5, 0.6) is 0 Å². The molecule has 4 heterocycles. The molecule has 6 heteroatoms. The molecule has 294 valence electrons. The van der Waals surface area contributed by atoms with Gasteiger partial charge in [0.15, 0.2) is 5.84 Å². The number of aromatic nitrogens is 1. The van der Waals surface area contributed by atoms with Crippen LogP contribution in [0.1, 0.15) is 22.9 Å². The van der Waals surface area contributed by atoms with Gasteiger partial charge in [0.05, 0.1) is 22.3 Å². The molecule has 3 aromatic heterocycles. The lowest BCUT2D eigenvalue weighted by Crippen LogP contribution is -2.34. The normalized spacial score (nSPS) is 14.5. The van der Waals surface area contributed by atoms with Crippen LogP contribution in [0.25, 0.3) is 102 Å². The van der Waals surface area contributed by atoms with E-state index in [-0.39, 0.29) is 0 Å². The molecule has 0 bridgehead atoms. The zero-order valence-corrected chi connectivity index (χ0v) is 34.5. The molecular formula is C57H34N4OS. The van der Waals surface area contributed by atoms with Crippen molar-refractivity contribution in [1.82, 2.24) is 9.88 Å². The maximum atomic E-state index is 6.83. The van der Waals surface area contributed by atoms with Crippen molar-refractivity contribution in [2.24, 2.45) is 9.98 Å². The third-order valence-corrected chi connectivity index (χ3v) is 14.1. The summed E-state index contributed by atoms with van der Waals surface area (Å²) in [6, 6.07) is 69.8. The number of hydrogen-bond acceptors (Lipinski definition) is 5. The second-order valence-electron chi connectivity index (χ2n) is 16.6. The highest BCUT2D eigenvalue weighted by Gasteiger charge is 2.29. The fourth-order valence-electron chi connectivity index (χ4n) is 9.99. The first-order valence-corrected chi connectivity index (χ1v) is 22.1. The summed E-state index contributed by atoms with van der Waals surface area (Å²) in [6.07, 6.45) is -0.403. The molecule has 10 aromatic carbocycles. The Labute approximate surface area is 364 Å². The van der Waals surface area contributed by atoms with Crippen molar-refractivity contribution >= 4 is 119 Å². The first kappa shape index (κ1) is 34.6. The van der Waals surface area contributed by atoms with E-state index < -0.39 is 6.17 Å². The van der Waals surface area contributed by atoms with Crippen molar-refractivity contribution in [3.63, 3.8) is 0 Å². The molecule has 1 unspecified atom stereocenters. The first-order valence-electron chi connectivity index (χ1n) is 21.3. The molecule has 0 amide bonds. The van der Waals surface area contributed by atoms with Crippen molar-refractivity contribution in [3.8, 4) is 5.69 Å². The summed E-state index contributed by atoms with van der Waals surface area (Å²) in [4.78, 5) is 11.0. The van der Waals surface area contributed by atoms with E-state index in [0.717, 1.165) is 72.0 Å². The summed E-state index contributed by atoms with van der Waals surface area (Å²) in [5.74, 6) is 1.41. The zero-order valence-electron chi connectivity index (χ0n) is 33.7. The minimum atomic E-state index is -0.403. The quantitative estimate of drug-likeness (QED) is 0.192. The molecule has 63 heavy (non-hydrogen) atoms. The van der Waals surface area contributed by atoms with Crippen LogP contribution in [0, 0.1) is 0 Å². The Morgan fingerprint density at radius 3 is 1.76 bits per heavy atom. The molecule has 1 N–H and O–H groups in total. The third-order valence-electron chi connectivity index (χ3n) is 13.0. The van der Waals surface area contributed by atoms with Crippen LogP contribution in [-0.4, -0.2) is 16.2 Å². The third kappa shape index (κ3) is 5.28. The number of aliphatic imine (C=N–C) groups is 2. The van der Waals surface area contributed by atoms with Crippen molar-refractivity contribution < 1.29 is 4.42 Å². The molecule has 0 saturated carbocycles. The fraction of sp³-hybridized carbons (Fsp3) is 0.0175. The molecule has 1 aliphatic rings. The monoisotopic (exact) mass is 822 g/mol. The Morgan fingerprint density at radius 1 is 0.476 bits per heavy atom. The highest BCUT2D eigenvalue weighted by atomic mass is 32.1. The summed E-state index contributed by atoms with van der Waals surface area (Å²) in [5.41, 5.74) is 7.86. The van der Waals surface area contributed by atoms with Gasteiger partial charge in [-0.15, -0.1) is 11.3 Å². The van der Waals surface area contributed by atoms with Gasteiger partial charge in [0.2, 0.25) is 0 Å². The summed E-state index contributed by atoms with van der Waals surface area (Å²) in [7, 11) is 0. The molecule has 0 spiro atoms. The van der Waals surface area contributed by atoms with Gasteiger partial charge in [-0.2, -0.15) is 0 Å². The van der Waals surface area contributed by atoms with Gasteiger partial charge in [-0.25, -0.2) is 9.98 Å². The minimum absolute atomic E-state index is 0.403. The van der Waals surface area contributed by atoms with Crippen molar-refractivity contribution in [2.75, 3.05) is 0 Å². The number of nitrogens with zero attached hydrogens (tertiary/aromatic N) is 3. The lowest BCUT2D eigenvalue weighted by atomic mass is 9.99. The van der Waals surface area contributed by atoms with Crippen LogP contribution in [0.3, 0.4) is 0 Å². The SMILES string of the molecule is c1ccc(C2N=C(c3ccc4c(c3)sc3ccccc34)N=C(c3c(-n4c5cc6ccccc6cc5c5cc6ccccc6cc54)ccc4oc5cc6ccccc6cc5c34)N2)cc1. The van der Waals surface area contributed by atoms with Crippen LogP contribution in [0.15, 0.2) is 209 Å². The second kappa shape index (κ2) is 13.2. The molecule has 1 atom stereocenters. The predicted molar refractivity (Wildman–Crippen MR) is 265 cm³/mol. The molecule has 0 saturated heterocycles. The van der Waals surface area contributed by atoms with Crippen LogP contribution < -0.4 is 5.32 Å². The molecule has 0 aliphatic carbocycles. The van der Waals surface area contributed by atoms with E-state index in [1.54, 1.807) is 0 Å². The van der Waals surface area contributed by atoms with E-state index >= 15 is 0 Å². The Kier molecular flexibility index (Phi) is 7.27.